The van der Waals surface area contributed by atoms with Crippen LogP contribution in [0.5, 0.6) is 5.75 Å². The van der Waals surface area contributed by atoms with E-state index in [9.17, 15) is 4.79 Å². The predicted molar refractivity (Wildman–Crippen MR) is 126 cm³/mol. The highest BCUT2D eigenvalue weighted by atomic mass is 32.1. The zero-order valence-corrected chi connectivity index (χ0v) is 18.4. The van der Waals surface area contributed by atoms with Gasteiger partial charge >= 0.3 is 0 Å². The molecule has 1 amide bonds. The second kappa shape index (κ2) is 9.58. The number of hydrogen-bond donors (Lipinski definition) is 1. The Morgan fingerprint density at radius 3 is 2.35 bits per heavy atom. The summed E-state index contributed by atoms with van der Waals surface area (Å²) in [5.41, 5.74) is 6.41. The van der Waals surface area contributed by atoms with Crippen molar-refractivity contribution in [2.45, 2.75) is 20.4 Å². The summed E-state index contributed by atoms with van der Waals surface area (Å²) in [5, 5.41) is 5.99. The molecule has 0 saturated carbocycles. The molecule has 0 radical (unpaired) electrons. The minimum absolute atomic E-state index is 0.00205. The van der Waals surface area contributed by atoms with E-state index >= 15 is 0 Å². The SMILES string of the molecule is Cc1cc(C)cc(OCC(=O)NCc2ccc(-c3csc(-c4ccccc4)n3)cc2)c1. The monoisotopic (exact) mass is 428 g/mol. The van der Waals surface area contributed by atoms with Crippen LogP contribution in [0.3, 0.4) is 0 Å². The van der Waals surface area contributed by atoms with Crippen LogP contribution >= 0.6 is 11.3 Å². The minimum atomic E-state index is -0.143. The van der Waals surface area contributed by atoms with Crippen LogP contribution in [0.15, 0.2) is 78.2 Å². The highest BCUT2D eigenvalue weighted by Gasteiger charge is 2.08. The van der Waals surface area contributed by atoms with E-state index < -0.39 is 0 Å². The molecule has 5 heteroatoms. The number of carbonyl (C=O) groups excluding carboxylic acids is 1. The van der Waals surface area contributed by atoms with E-state index in [0.717, 1.165) is 44.3 Å². The van der Waals surface area contributed by atoms with Crippen molar-refractivity contribution in [2.75, 3.05) is 6.61 Å². The van der Waals surface area contributed by atoms with E-state index in [1.807, 2.05) is 68.4 Å². The van der Waals surface area contributed by atoms with Crippen LogP contribution in [-0.4, -0.2) is 17.5 Å². The topological polar surface area (TPSA) is 51.2 Å². The van der Waals surface area contributed by atoms with Crippen molar-refractivity contribution in [3.63, 3.8) is 0 Å². The van der Waals surface area contributed by atoms with Gasteiger partial charge < -0.3 is 10.1 Å². The van der Waals surface area contributed by atoms with Gasteiger partial charge in [0.1, 0.15) is 10.8 Å². The smallest absolute Gasteiger partial charge is 0.258 e. The summed E-state index contributed by atoms with van der Waals surface area (Å²) >= 11 is 1.64. The standard InChI is InChI=1S/C26H24N2O2S/c1-18-12-19(2)14-23(13-18)30-16-25(29)27-15-20-8-10-21(11-9-20)24-17-31-26(28-24)22-6-4-3-5-7-22/h3-14,17H,15-16H2,1-2H3,(H,27,29). The molecule has 0 spiro atoms. The zero-order valence-electron chi connectivity index (χ0n) is 17.6. The summed E-state index contributed by atoms with van der Waals surface area (Å²) in [5.74, 6) is 0.574. The largest absolute Gasteiger partial charge is 0.484 e. The normalized spacial score (nSPS) is 10.6. The average Bonchev–Trinajstić information content (AvgIpc) is 3.27. The maximum atomic E-state index is 12.1. The Morgan fingerprint density at radius 1 is 0.935 bits per heavy atom. The first kappa shape index (κ1) is 20.8. The number of aryl methyl sites for hydroxylation is 2. The van der Waals surface area contributed by atoms with E-state index in [2.05, 4.69) is 28.9 Å². The average molecular weight is 429 g/mol. The quantitative estimate of drug-likeness (QED) is 0.405. The summed E-state index contributed by atoms with van der Waals surface area (Å²) < 4.78 is 5.61. The van der Waals surface area contributed by atoms with Crippen LogP contribution in [0, 0.1) is 13.8 Å². The van der Waals surface area contributed by atoms with E-state index in [4.69, 9.17) is 9.72 Å². The molecule has 0 aliphatic rings. The molecule has 156 valence electrons. The van der Waals surface area contributed by atoms with Gasteiger partial charge in [-0.15, -0.1) is 11.3 Å². The summed E-state index contributed by atoms with van der Waals surface area (Å²) in [6.45, 7) is 4.49. The van der Waals surface area contributed by atoms with E-state index in [1.165, 1.54) is 0 Å². The van der Waals surface area contributed by atoms with E-state index in [1.54, 1.807) is 11.3 Å². The molecule has 31 heavy (non-hydrogen) atoms. The van der Waals surface area contributed by atoms with Crippen molar-refractivity contribution in [3.8, 4) is 27.6 Å². The van der Waals surface area contributed by atoms with Crippen LogP contribution in [0.25, 0.3) is 21.8 Å². The van der Waals surface area contributed by atoms with Crippen molar-refractivity contribution in [1.82, 2.24) is 10.3 Å². The number of rotatable bonds is 7. The summed E-state index contributed by atoms with van der Waals surface area (Å²) in [6, 6.07) is 24.2. The minimum Gasteiger partial charge on any atom is -0.484 e. The Bertz CT molecular complexity index is 1150. The van der Waals surface area contributed by atoms with Gasteiger partial charge in [0.2, 0.25) is 0 Å². The Balaban J connectivity index is 1.30. The molecular weight excluding hydrogens is 404 g/mol. The van der Waals surface area contributed by atoms with Crippen LogP contribution in [0.4, 0.5) is 0 Å². The first-order valence-electron chi connectivity index (χ1n) is 10.1. The van der Waals surface area contributed by atoms with Gasteiger partial charge in [0.05, 0.1) is 5.69 Å². The number of nitrogens with one attached hydrogen (secondary N) is 1. The van der Waals surface area contributed by atoms with Crippen LogP contribution in [-0.2, 0) is 11.3 Å². The van der Waals surface area contributed by atoms with Gasteiger partial charge in [0.15, 0.2) is 6.61 Å². The third-order valence-corrected chi connectivity index (χ3v) is 5.72. The van der Waals surface area contributed by atoms with Gasteiger partial charge in [-0.2, -0.15) is 0 Å². The number of carbonyl (C=O) groups is 1. The van der Waals surface area contributed by atoms with Gasteiger partial charge in [-0.25, -0.2) is 4.98 Å². The summed E-state index contributed by atoms with van der Waals surface area (Å²) in [4.78, 5) is 16.9. The molecule has 0 unspecified atom stereocenters. The lowest BCUT2D eigenvalue weighted by molar-refractivity contribution is -0.123. The van der Waals surface area contributed by atoms with Gasteiger partial charge in [0.25, 0.3) is 5.91 Å². The number of hydrogen-bond acceptors (Lipinski definition) is 4. The van der Waals surface area contributed by atoms with Crippen molar-refractivity contribution < 1.29 is 9.53 Å². The molecule has 0 saturated heterocycles. The van der Waals surface area contributed by atoms with Crippen molar-refractivity contribution >= 4 is 17.2 Å². The molecule has 1 N–H and O–H groups in total. The summed E-state index contributed by atoms with van der Waals surface area (Å²) in [6.07, 6.45) is 0. The third kappa shape index (κ3) is 5.58. The van der Waals surface area contributed by atoms with Crippen LogP contribution < -0.4 is 10.1 Å². The highest BCUT2D eigenvalue weighted by molar-refractivity contribution is 7.13. The van der Waals surface area contributed by atoms with Gasteiger partial charge in [-0.1, -0.05) is 60.7 Å². The Kier molecular flexibility index (Phi) is 6.43. The van der Waals surface area contributed by atoms with Crippen molar-refractivity contribution in [1.29, 1.82) is 0 Å². The number of aromatic nitrogens is 1. The van der Waals surface area contributed by atoms with Crippen LogP contribution in [0.1, 0.15) is 16.7 Å². The number of benzene rings is 3. The van der Waals surface area contributed by atoms with Crippen molar-refractivity contribution in [3.05, 3.63) is 94.9 Å². The third-order valence-electron chi connectivity index (χ3n) is 4.83. The van der Waals surface area contributed by atoms with E-state index in [0.29, 0.717) is 6.54 Å². The van der Waals surface area contributed by atoms with Crippen molar-refractivity contribution in [2.24, 2.45) is 0 Å². The lowest BCUT2D eigenvalue weighted by Crippen LogP contribution is -2.28. The lowest BCUT2D eigenvalue weighted by atomic mass is 10.1. The molecule has 1 heterocycles. The predicted octanol–water partition coefficient (Wildman–Crippen LogP) is 5.79. The fourth-order valence-corrected chi connectivity index (χ4v) is 4.17. The van der Waals surface area contributed by atoms with Gasteiger partial charge in [-0.3, -0.25) is 4.79 Å². The highest BCUT2D eigenvalue weighted by Crippen LogP contribution is 2.28. The number of ether oxygens (including phenoxy) is 1. The second-order valence-electron chi connectivity index (χ2n) is 7.49. The Morgan fingerprint density at radius 2 is 1.65 bits per heavy atom. The van der Waals surface area contributed by atoms with Crippen LogP contribution in [0.2, 0.25) is 0 Å². The van der Waals surface area contributed by atoms with Gasteiger partial charge in [-0.05, 0) is 42.7 Å². The summed E-state index contributed by atoms with van der Waals surface area (Å²) in [7, 11) is 0. The maximum absolute atomic E-state index is 12.1. The molecule has 0 aliphatic carbocycles. The van der Waals surface area contributed by atoms with E-state index in [-0.39, 0.29) is 12.5 Å². The Labute approximate surface area is 186 Å². The second-order valence-corrected chi connectivity index (χ2v) is 8.35. The molecule has 0 bridgehead atoms. The lowest BCUT2D eigenvalue weighted by Gasteiger charge is -2.09. The maximum Gasteiger partial charge on any atom is 0.258 e. The molecule has 4 aromatic rings. The van der Waals surface area contributed by atoms with Gasteiger partial charge in [0, 0.05) is 23.1 Å². The first-order valence-corrected chi connectivity index (χ1v) is 11.0. The number of amides is 1. The zero-order chi connectivity index (χ0) is 21.6. The molecule has 0 aliphatic heterocycles. The molecule has 0 atom stereocenters. The first-order chi connectivity index (χ1) is 15.1. The number of nitrogens with zero attached hydrogens (tertiary/aromatic N) is 1. The molecule has 4 nitrogen and oxygen atoms in total. The Hall–Kier alpha value is -3.44. The fourth-order valence-electron chi connectivity index (χ4n) is 3.33. The molecule has 4 rings (SSSR count). The molecule has 0 fully saturated rings. The molecular formula is C26H24N2O2S. The number of thiazole rings is 1. The fraction of sp³-hybridized carbons (Fsp3) is 0.154. The molecule has 3 aromatic carbocycles. The molecule has 1 aromatic heterocycles.